The molecule has 1 aromatic rings. The quantitative estimate of drug-likeness (QED) is 0.563. The van der Waals surface area contributed by atoms with E-state index in [9.17, 15) is 4.79 Å². The topological polar surface area (TPSA) is 93.1 Å². The zero-order chi connectivity index (χ0) is 19.1. The molecule has 1 aliphatic heterocycles. The van der Waals surface area contributed by atoms with Crippen molar-refractivity contribution in [2.75, 3.05) is 26.2 Å². The summed E-state index contributed by atoms with van der Waals surface area (Å²) in [7, 11) is 0. The van der Waals surface area contributed by atoms with E-state index in [1.54, 1.807) is 12.1 Å². The normalized spacial score (nSPS) is 19.6. The van der Waals surface area contributed by atoms with Crippen LogP contribution in [0.1, 0.15) is 61.8 Å². The van der Waals surface area contributed by atoms with Crippen LogP contribution in [0.25, 0.3) is 0 Å². The molecule has 2 fully saturated rings. The highest BCUT2D eigenvalue weighted by atomic mass is 16.5. The lowest BCUT2D eigenvalue weighted by Gasteiger charge is -2.34. The molecule has 0 unspecified atom stereocenters. The van der Waals surface area contributed by atoms with E-state index in [0.717, 1.165) is 51.0 Å². The summed E-state index contributed by atoms with van der Waals surface area (Å²) in [4.78, 5) is 18.1. The van der Waals surface area contributed by atoms with Crippen LogP contribution in [0.2, 0.25) is 0 Å². The molecular formula is C20H32N4O3. The number of hydrogen-bond donors (Lipinski definition) is 2. The molecule has 1 aromatic heterocycles. The van der Waals surface area contributed by atoms with Crippen LogP contribution in [0.5, 0.6) is 0 Å². The van der Waals surface area contributed by atoms with Gasteiger partial charge >= 0.3 is 0 Å². The Labute approximate surface area is 161 Å². The number of aliphatic imine (C=N–C) groups is 1. The average Bonchev–Trinajstić information content (AvgIpc) is 3.36. The molecule has 150 valence electrons. The summed E-state index contributed by atoms with van der Waals surface area (Å²) in [6.45, 7) is 6.05. The SMILES string of the molecule is CCNC(=NCc1ccc(C(N)=O)o1)N1CCC(OCC2CCCC2)CC1. The fraction of sp³-hybridized carbons (Fsp3) is 0.700. The first-order valence-corrected chi connectivity index (χ1v) is 10.2. The molecule has 0 atom stereocenters. The highest BCUT2D eigenvalue weighted by Gasteiger charge is 2.24. The van der Waals surface area contributed by atoms with Crippen LogP contribution in [0.3, 0.4) is 0 Å². The maximum Gasteiger partial charge on any atom is 0.284 e. The molecule has 3 rings (SSSR count). The average molecular weight is 377 g/mol. The van der Waals surface area contributed by atoms with E-state index in [0.29, 0.717) is 18.4 Å². The van der Waals surface area contributed by atoms with Gasteiger partial charge in [0.05, 0.1) is 6.10 Å². The Hall–Kier alpha value is -2.02. The molecule has 0 radical (unpaired) electrons. The number of rotatable bonds is 7. The van der Waals surface area contributed by atoms with E-state index in [2.05, 4.69) is 22.1 Å². The monoisotopic (exact) mass is 376 g/mol. The number of nitrogens with zero attached hydrogens (tertiary/aromatic N) is 2. The van der Waals surface area contributed by atoms with Crippen molar-refractivity contribution in [2.45, 2.75) is 58.1 Å². The first kappa shape index (κ1) is 19.7. The maximum atomic E-state index is 11.1. The number of carbonyl (C=O) groups excluding carboxylic acids is 1. The summed E-state index contributed by atoms with van der Waals surface area (Å²) < 4.78 is 11.6. The maximum absolute atomic E-state index is 11.1. The molecule has 2 heterocycles. The van der Waals surface area contributed by atoms with Gasteiger partial charge in [-0.2, -0.15) is 0 Å². The molecule has 1 amide bonds. The molecule has 0 bridgehead atoms. The van der Waals surface area contributed by atoms with Gasteiger partial charge < -0.3 is 25.1 Å². The molecule has 0 aromatic carbocycles. The smallest absolute Gasteiger partial charge is 0.284 e. The number of primary amides is 1. The number of hydrogen-bond acceptors (Lipinski definition) is 4. The number of carbonyl (C=O) groups is 1. The zero-order valence-electron chi connectivity index (χ0n) is 16.3. The van der Waals surface area contributed by atoms with Crippen LogP contribution in [-0.2, 0) is 11.3 Å². The Bertz CT molecular complexity index is 629. The van der Waals surface area contributed by atoms with Crippen LogP contribution < -0.4 is 11.1 Å². The van der Waals surface area contributed by atoms with Gasteiger partial charge in [-0.15, -0.1) is 0 Å². The molecule has 1 saturated heterocycles. The van der Waals surface area contributed by atoms with Crippen molar-refractivity contribution in [3.05, 3.63) is 23.7 Å². The van der Waals surface area contributed by atoms with Gasteiger partial charge in [-0.1, -0.05) is 12.8 Å². The lowest BCUT2D eigenvalue weighted by atomic mass is 10.1. The van der Waals surface area contributed by atoms with Crippen LogP contribution in [-0.4, -0.2) is 49.1 Å². The summed E-state index contributed by atoms with van der Waals surface area (Å²) >= 11 is 0. The molecule has 7 nitrogen and oxygen atoms in total. The van der Waals surface area contributed by atoms with Crippen molar-refractivity contribution >= 4 is 11.9 Å². The second kappa shape index (κ2) is 9.78. The summed E-state index contributed by atoms with van der Waals surface area (Å²) in [5.74, 6) is 1.90. The molecule has 27 heavy (non-hydrogen) atoms. The standard InChI is InChI=1S/C20H32N4O3/c1-2-22-20(23-13-17-7-8-18(27-17)19(21)25)24-11-9-16(10-12-24)26-14-15-5-3-4-6-15/h7-8,15-16H,2-6,9-14H2,1H3,(H2,21,25)(H,22,23). The van der Waals surface area contributed by atoms with E-state index in [-0.39, 0.29) is 5.76 Å². The van der Waals surface area contributed by atoms with Gasteiger partial charge in [-0.3, -0.25) is 4.79 Å². The third kappa shape index (κ3) is 5.73. The predicted octanol–water partition coefficient (Wildman–Crippen LogP) is 2.52. The predicted molar refractivity (Wildman–Crippen MR) is 105 cm³/mol. The fourth-order valence-electron chi connectivity index (χ4n) is 3.86. The number of nitrogens with one attached hydrogen (secondary N) is 1. The van der Waals surface area contributed by atoms with Crippen molar-refractivity contribution in [3.63, 3.8) is 0 Å². The van der Waals surface area contributed by atoms with Crippen LogP contribution >= 0.6 is 0 Å². The van der Waals surface area contributed by atoms with E-state index in [4.69, 9.17) is 14.9 Å². The lowest BCUT2D eigenvalue weighted by molar-refractivity contribution is 0.00100. The van der Waals surface area contributed by atoms with Crippen molar-refractivity contribution in [1.29, 1.82) is 0 Å². The van der Waals surface area contributed by atoms with Gasteiger partial charge in [0, 0.05) is 26.2 Å². The Morgan fingerprint density at radius 3 is 2.67 bits per heavy atom. The van der Waals surface area contributed by atoms with Crippen LogP contribution in [0, 0.1) is 5.92 Å². The number of furan rings is 1. The number of guanidine groups is 1. The number of ether oxygens (including phenoxy) is 1. The van der Waals surface area contributed by atoms with E-state index < -0.39 is 5.91 Å². The van der Waals surface area contributed by atoms with Crippen molar-refractivity contribution in [2.24, 2.45) is 16.6 Å². The number of likely N-dealkylation sites (tertiary alicyclic amines) is 1. The van der Waals surface area contributed by atoms with Crippen molar-refractivity contribution < 1.29 is 13.9 Å². The first-order chi connectivity index (χ1) is 13.2. The van der Waals surface area contributed by atoms with Gasteiger partial charge in [0.15, 0.2) is 11.7 Å². The second-order valence-corrected chi connectivity index (χ2v) is 7.47. The third-order valence-electron chi connectivity index (χ3n) is 5.41. The number of nitrogens with two attached hydrogens (primary N) is 1. The minimum Gasteiger partial charge on any atom is -0.454 e. The van der Waals surface area contributed by atoms with Crippen molar-refractivity contribution in [1.82, 2.24) is 10.2 Å². The van der Waals surface area contributed by atoms with Gasteiger partial charge in [0.2, 0.25) is 0 Å². The minimum absolute atomic E-state index is 0.172. The minimum atomic E-state index is -0.559. The van der Waals surface area contributed by atoms with Gasteiger partial charge in [-0.25, -0.2) is 4.99 Å². The largest absolute Gasteiger partial charge is 0.454 e. The van der Waals surface area contributed by atoms with E-state index in [1.807, 2.05) is 0 Å². The van der Waals surface area contributed by atoms with Gasteiger partial charge in [0.1, 0.15) is 12.3 Å². The Morgan fingerprint density at radius 2 is 2.04 bits per heavy atom. The van der Waals surface area contributed by atoms with E-state index >= 15 is 0 Å². The Balaban J connectivity index is 1.48. The van der Waals surface area contributed by atoms with Crippen LogP contribution in [0.4, 0.5) is 0 Å². The molecule has 1 saturated carbocycles. The van der Waals surface area contributed by atoms with E-state index in [1.165, 1.54) is 25.7 Å². The second-order valence-electron chi connectivity index (χ2n) is 7.47. The molecule has 3 N–H and O–H groups in total. The molecular weight excluding hydrogens is 344 g/mol. The number of amides is 1. The Morgan fingerprint density at radius 1 is 1.30 bits per heavy atom. The highest BCUT2D eigenvalue weighted by molar-refractivity contribution is 5.89. The molecule has 7 heteroatoms. The first-order valence-electron chi connectivity index (χ1n) is 10.2. The van der Waals surface area contributed by atoms with Gasteiger partial charge in [-0.05, 0) is 50.7 Å². The van der Waals surface area contributed by atoms with Crippen molar-refractivity contribution in [3.8, 4) is 0 Å². The zero-order valence-corrected chi connectivity index (χ0v) is 16.3. The van der Waals surface area contributed by atoms with Crippen LogP contribution in [0.15, 0.2) is 21.5 Å². The summed E-state index contributed by atoms with van der Waals surface area (Å²) in [6.07, 6.45) is 7.83. The molecule has 2 aliphatic rings. The lowest BCUT2D eigenvalue weighted by Crippen LogP contribution is -2.47. The highest BCUT2D eigenvalue weighted by Crippen LogP contribution is 2.26. The molecule has 1 aliphatic carbocycles. The molecule has 0 spiro atoms. The van der Waals surface area contributed by atoms with Gasteiger partial charge in [0.25, 0.3) is 5.91 Å². The number of piperidine rings is 1. The Kier molecular flexibility index (Phi) is 7.15. The summed E-state index contributed by atoms with van der Waals surface area (Å²) in [5.41, 5.74) is 5.22. The fourth-order valence-corrected chi connectivity index (χ4v) is 3.86. The third-order valence-corrected chi connectivity index (χ3v) is 5.41. The summed E-state index contributed by atoms with van der Waals surface area (Å²) in [6, 6.07) is 3.34. The summed E-state index contributed by atoms with van der Waals surface area (Å²) in [5, 5.41) is 3.35.